The normalized spacial score (nSPS) is 21.0. The fraction of sp³-hybridized carbons (Fsp3) is 0.500. The molecule has 2 aromatic heterocycles. The smallest absolute Gasteiger partial charge is 0.475 e. The van der Waals surface area contributed by atoms with Crippen LogP contribution in [0.25, 0.3) is 0 Å². The van der Waals surface area contributed by atoms with Crippen LogP contribution in [0.4, 0.5) is 13.2 Å². The van der Waals surface area contributed by atoms with Gasteiger partial charge in [-0.05, 0) is 22.4 Å². The topological polar surface area (TPSA) is 84.8 Å². The van der Waals surface area contributed by atoms with Crippen molar-refractivity contribution < 1.29 is 32.5 Å². The zero-order chi connectivity index (χ0) is 20.9. The molecule has 0 radical (unpaired) electrons. The van der Waals surface area contributed by atoms with Crippen molar-refractivity contribution >= 4 is 17.3 Å². The average molecular weight is 431 g/mol. The molecule has 11 heteroatoms. The van der Waals surface area contributed by atoms with Crippen LogP contribution in [0, 0.1) is 0 Å². The van der Waals surface area contributed by atoms with Crippen LogP contribution in [-0.2, 0) is 16.1 Å². The van der Waals surface area contributed by atoms with Gasteiger partial charge >= 0.3 is 12.1 Å². The van der Waals surface area contributed by atoms with Gasteiger partial charge in [-0.2, -0.15) is 24.5 Å². The van der Waals surface area contributed by atoms with E-state index in [0.717, 1.165) is 39.1 Å². The molecule has 2 fully saturated rings. The van der Waals surface area contributed by atoms with E-state index >= 15 is 0 Å². The molecule has 2 aromatic rings. The minimum absolute atomic E-state index is 0.0266. The Kier molecular flexibility index (Phi) is 6.70. The van der Waals surface area contributed by atoms with E-state index in [1.807, 2.05) is 0 Å². The maximum Gasteiger partial charge on any atom is 0.490 e. The molecule has 4 heterocycles. The number of nitrogens with zero attached hydrogens (tertiary/aromatic N) is 3. The van der Waals surface area contributed by atoms with Crippen molar-refractivity contribution in [1.82, 2.24) is 14.9 Å². The van der Waals surface area contributed by atoms with Crippen LogP contribution in [0.5, 0.6) is 5.88 Å². The highest BCUT2D eigenvalue weighted by atomic mass is 32.1. The number of carbonyl (C=O) groups is 1. The first kappa shape index (κ1) is 21.5. The molecule has 1 unspecified atom stereocenters. The van der Waals surface area contributed by atoms with Gasteiger partial charge in [0.2, 0.25) is 5.88 Å². The van der Waals surface area contributed by atoms with Crippen LogP contribution in [0.15, 0.2) is 35.4 Å². The Bertz CT molecular complexity index is 783. The highest BCUT2D eigenvalue weighted by Gasteiger charge is 2.48. The summed E-state index contributed by atoms with van der Waals surface area (Å²) in [6, 6.07) is 2.19. The molecular formula is C18H20F3N3O4S. The highest BCUT2D eigenvalue weighted by molar-refractivity contribution is 7.07. The first-order valence-corrected chi connectivity index (χ1v) is 9.80. The molecule has 7 nitrogen and oxygen atoms in total. The minimum atomic E-state index is -5.08. The predicted octanol–water partition coefficient (Wildman–Crippen LogP) is 2.98. The third-order valence-electron chi connectivity index (χ3n) is 4.53. The van der Waals surface area contributed by atoms with Crippen molar-refractivity contribution in [3.63, 3.8) is 0 Å². The number of carboxylic acid groups (broad SMARTS) is 1. The Morgan fingerprint density at radius 1 is 1.41 bits per heavy atom. The van der Waals surface area contributed by atoms with Crippen molar-refractivity contribution in [3.8, 4) is 5.88 Å². The molecule has 0 aromatic carbocycles. The summed E-state index contributed by atoms with van der Waals surface area (Å²) in [5.74, 6) is -2.15. The van der Waals surface area contributed by atoms with E-state index in [2.05, 4.69) is 31.7 Å². The largest absolute Gasteiger partial charge is 0.490 e. The van der Waals surface area contributed by atoms with E-state index in [1.165, 1.54) is 5.56 Å². The number of thiophene rings is 1. The van der Waals surface area contributed by atoms with Gasteiger partial charge < -0.3 is 14.6 Å². The molecular weight excluding hydrogens is 411 g/mol. The van der Waals surface area contributed by atoms with Crippen LogP contribution >= 0.6 is 11.3 Å². The number of aromatic nitrogens is 2. The highest BCUT2D eigenvalue weighted by Crippen LogP contribution is 2.36. The van der Waals surface area contributed by atoms with Crippen molar-refractivity contribution in [2.45, 2.75) is 37.3 Å². The summed E-state index contributed by atoms with van der Waals surface area (Å²) >= 11 is 1.75. The molecule has 2 saturated heterocycles. The summed E-state index contributed by atoms with van der Waals surface area (Å²) in [6.07, 6.45) is 1.94. The van der Waals surface area contributed by atoms with Gasteiger partial charge in [-0.3, -0.25) is 9.88 Å². The fourth-order valence-corrected chi connectivity index (χ4v) is 4.00. The number of carboxylic acids is 1. The van der Waals surface area contributed by atoms with Crippen LogP contribution < -0.4 is 4.74 Å². The second-order valence-corrected chi connectivity index (χ2v) is 7.67. The molecule has 2 aliphatic rings. The minimum Gasteiger partial charge on any atom is -0.475 e. The third kappa shape index (κ3) is 6.12. The van der Waals surface area contributed by atoms with E-state index in [4.69, 9.17) is 19.4 Å². The van der Waals surface area contributed by atoms with E-state index in [-0.39, 0.29) is 11.7 Å². The first-order chi connectivity index (χ1) is 13.8. The van der Waals surface area contributed by atoms with Crippen LogP contribution in [0.3, 0.4) is 0 Å². The second-order valence-electron chi connectivity index (χ2n) is 6.89. The molecule has 0 aliphatic carbocycles. The summed E-state index contributed by atoms with van der Waals surface area (Å²) in [5, 5.41) is 11.5. The van der Waals surface area contributed by atoms with Gasteiger partial charge in [-0.15, -0.1) is 0 Å². The van der Waals surface area contributed by atoms with E-state index < -0.39 is 12.1 Å². The molecule has 4 rings (SSSR count). The van der Waals surface area contributed by atoms with Gasteiger partial charge in [-0.25, -0.2) is 9.78 Å². The molecule has 0 saturated carbocycles. The average Bonchev–Trinajstić information content (AvgIpc) is 3.14. The van der Waals surface area contributed by atoms with Gasteiger partial charge in [-0.1, -0.05) is 0 Å². The van der Waals surface area contributed by atoms with Crippen molar-refractivity contribution in [1.29, 1.82) is 0 Å². The molecule has 0 amide bonds. The lowest BCUT2D eigenvalue weighted by atomic mass is 9.84. The number of hydrogen-bond donors (Lipinski definition) is 1. The van der Waals surface area contributed by atoms with Crippen LogP contribution in [-0.4, -0.2) is 63.5 Å². The maximum atomic E-state index is 10.6. The Labute approximate surface area is 169 Å². The number of likely N-dealkylation sites (tertiary alicyclic amines) is 1. The molecule has 158 valence electrons. The summed E-state index contributed by atoms with van der Waals surface area (Å²) < 4.78 is 43.8. The molecule has 0 bridgehead atoms. The van der Waals surface area contributed by atoms with Crippen LogP contribution in [0.1, 0.15) is 18.4 Å². The number of aliphatic carboxylic acids is 1. The van der Waals surface area contributed by atoms with E-state index in [1.54, 1.807) is 29.9 Å². The summed E-state index contributed by atoms with van der Waals surface area (Å²) in [6.45, 7) is 3.76. The molecule has 2 aliphatic heterocycles. The Morgan fingerprint density at radius 2 is 2.17 bits per heavy atom. The molecule has 1 atom stereocenters. The lowest BCUT2D eigenvalue weighted by molar-refractivity contribution is -0.192. The number of ether oxygens (including phenoxy) is 2. The standard InChI is InChI=1S/C16H19N3O2S.C2HF3O2/c1-5-20-16(7-14(1)21-15-8-17-3-4-18-15)11-19(12-16)9-13-2-6-22-10-13;3-2(4,5)1(6)7/h2-4,6,8,10,14H,1,5,7,9,11-12H2;(H,6,7). The van der Waals surface area contributed by atoms with E-state index in [0.29, 0.717) is 5.88 Å². The van der Waals surface area contributed by atoms with Gasteiger partial charge in [0.1, 0.15) is 6.10 Å². The van der Waals surface area contributed by atoms with Crippen molar-refractivity contribution in [2.24, 2.45) is 0 Å². The lowest BCUT2D eigenvalue weighted by Gasteiger charge is -2.53. The SMILES string of the molecule is O=C(O)C(F)(F)F.c1cnc(OC2CCOC3(C2)CN(Cc2ccsc2)C3)cn1. The molecule has 1 N–H and O–H groups in total. The monoisotopic (exact) mass is 431 g/mol. The van der Waals surface area contributed by atoms with E-state index in [9.17, 15) is 13.2 Å². The predicted molar refractivity (Wildman–Crippen MR) is 97.7 cm³/mol. The second kappa shape index (κ2) is 9.06. The maximum absolute atomic E-state index is 10.6. The first-order valence-electron chi connectivity index (χ1n) is 8.86. The van der Waals surface area contributed by atoms with Gasteiger partial charge in [0.15, 0.2) is 0 Å². The molecule has 29 heavy (non-hydrogen) atoms. The quantitative estimate of drug-likeness (QED) is 0.797. The summed E-state index contributed by atoms with van der Waals surface area (Å²) in [7, 11) is 0. The number of alkyl halides is 3. The number of rotatable bonds is 4. The van der Waals surface area contributed by atoms with Crippen molar-refractivity contribution in [3.05, 3.63) is 41.0 Å². The Balaban J connectivity index is 0.000000298. The van der Waals surface area contributed by atoms with Crippen molar-refractivity contribution in [2.75, 3.05) is 19.7 Å². The zero-order valence-corrected chi connectivity index (χ0v) is 16.2. The summed E-state index contributed by atoms with van der Waals surface area (Å²) in [4.78, 5) is 19.6. The number of halogens is 3. The van der Waals surface area contributed by atoms with Gasteiger partial charge in [0.25, 0.3) is 0 Å². The zero-order valence-electron chi connectivity index (χ0n) is 15.3. The third-order valence-corrected chi connectivity index (χ3v) is 5.26. The Morgan fingerprint density at radius 3 is 2.76 bits per heavy atom. The summed E-state index contributed by atoms with van der Waals surface area (Å²) in [5.41, 5.74) is 1.37. The Hall–Kier alpha value is -2.24. The number of hydrogen-bond acceptors (Lipinski definition) is 7. The molecule has 1 spiro atoms. The van der Waals surface area contributed by atoms with Crippen LogP contribution in [0.2, 0.25) is 0 Å². The lowest BCUT2D eigenvalue weighted by Crippen LogP contribution is -2.65. The fourth-order valence-electron chi connectivity index (χ4n) is 3.34. The van der Waals surface area contributed by atoms with Gasteiger partial charge in [0, 0.05) is 44.9 Å². The van der Waals surface area contributed by atoms with Gasteiger partial charge in [0.05, 0.1) is 18.4 Å².